The van der Waals surface area contributed by atoms with Gasteiger partial charge in [0.05, 0.1) is 6.42 Å². The molecule has 1 atom stereocenters. The number of carbonyl (C=O) groups is 2. The van der Waals surface area contributed by atoms with E-state index in [4.69, 9.17) is 16.2 Å². The van der Waals surface area contributed by atoms with E-state index in [0.29, 0.717) is 0 Å². The van der Waals surface area contributed by atoms with E-state index in [1.54, 1.807) is 18.4 Å². The van der Waals surface area contributed by atoms with Gasteiger partial charge < -0.3 is 16.2 Å². The van der Waals surface area contributed by atoms with E-state index in [1.165, 1.54) is 11.3 Å². The van der Waals surface area contributed by atoms with Gasteiger partial charge in [-0.3, -0.25) is 4.79 Å². The number of nitrogens with two attached hydrogens (primary N) is 2. The Morgan fingerprint density at radius 3 is 2.73 bits per heavy atom. The minimum Gasteiger partial charge on any atom is -0.441 e. The summed E-state index contributed by atoms with van der Waals surface area (Å²) in [5.41, 5.74) is 10.8. The Morgan fingerprint density at radius 1 is 1.53 bits per heavy atom. The second kappa shape index (κ2) is 4.79. The molecule has 0 spiro atoms. The first-order valence-electron chi connectivity index (χ1n) is 4.30. The Balaban J connectivity index is 2.66. The van der Waals surface area contributed by atoms with Crippen LogP contribution in [0.1, 0.15) is 23.5 Å². The summed E-state index contributed by atoms with van der Waals surface area (Å²) in [6.07, 6.45) is -1.01. The summed E-state index contributed by atoms with van der Waals surface area (Å²) in [7, 11) is 0. The Kier molecular flexibility index (Phi) is 3.68. The second-order valence-electron chi connectivity index (χ2n) is 3.08. The maximum absolute atomic E-state index is 10.6. The van der Waals surface area contributed by atoms with Crippen molar-refractivity contribution in [3.8, 4) is 0 Å². The van der Waals surface area contributed by atoms with Gasteiger partial charge in [-0.1, -0.05) is 0 Å². The summed E-state index contributed by atoms with van der Waals surface area (Å²) in [6, 6.07) is 1.78. The van der Waals surface area contributed by atoms with Gasteiger partial charge in [-0.25, -0.2) is 4.79 Å². The van der Waals surface area contributed by atoms with E-state index >= 15 is 0 Å². The minimum atomic E-state index is -0.813. The molecule has 0 unspecified atom stereocenters. The number of hydrogen-bond acceptors (Lipinski definition) is 4. The molecule has 0 bridgehead atoms. The summed E-state index contributed by atoms with van der Waals surface area (Å²) < 4.78 is 4.79. The predicted octanol–water partition coefficient (Wildman–Crippen LogP) is 0.932. The highest BCUT2D eigenvalue weighted by Gasteiger charge is 2.12. The van der Waals surface area contributed by atoms with Gasteiger partial charge in [-0.2, -0.15) is 0 Å². The summed E-state index contributed by atoms with van der Waals surface area (Å²) >= 11 is 1.40. The maximum atomic E-state index is 10.6. The molecule has 6 heteroatoms. The molecule has 0 aliphatic heterocycles. The SMILES string of the molecule is C[C@@H](OC(N)=O)c1cc(CC(N)=O)cs1. The van der Waals surface area contributed by atoms with Crippen LogP contribution in [0.2, 0.25) is 0 Å². The number of rotatable bonds is 4. The van der Waals surface area contributed by atoms with Gasteiger partial charge in [-0.15, -0.1) is 11.3 Å². The molecule has 0 saturated carbocycles. The van der Waals surface area contributed by atoms with Crippen LogP contribution in [0.4, 0.5) is 4.79 Å². The molecule has 5 nitrogen and oxygen atoms in total. The number of primary amides is 2. The zero-order valence-electron chi connectivity index (χ0n) is 8.23. The van der Waals surface area contributed by atoms with Crippen molar-refractivity contribution in [1.82, 2.24) is 0 Å². The van der Waals surface area contributed by atoms with Crippen molar-refractivity contribution in [2.24, 2.45) is 11.5 Å². The third kappa shape index (κ3) is 3.59. The molecule has 0 radical (unpaired) electrons. The Hall–Kier alpha value is -1.56. The lowest BCUT2D eigenvalue weighted by Crippen LogP contribution is -2.15. The zero-order chi connectivity index (χ0) is 11.4. The van der Waals surface area contributed by atoms with Crippen LogP contribution in [0.5, 0.6) is 0 Å². The van der Waals surface area contributed by atoms with Crippen molar-refractivity contribution in [3.05, 3.63) is 21.9 Å². The molecule has 1 rings (SSSR count). The third-order valence-corrected chi connectivity index (χ3v) is 2.89. The first-order chi connectivity index (χ1) is 6.99. The largest absolute Gasteiger partial charge is 0.441 e. The molecule has 1 heterocycles. The summed E-state index contributed by atoms with van der Waals surface area (Å²) in [5.74, 6) is -0.386. The Labute approximate surface area is 91.0 Å². The van der Waals surface area contributed by atoms with Crippen LogP contribution >= 0.6 is 11.3 Å². The van der Waals surface area contributed by atoms with E-state index in [2.05, 4.69) is 0 Å². The summed E-state index contributed by atoms with van der Waals surface area (Å²) in [5, 5.41) is 1.81. The number of ether oxygens (including phenoxy) is 1. The smallest absolute Gasteiger partial charge is 0.405 e. The van der Waals surface area contributed by atoms with Gasteiger partial charge in [0.25, 0.3) is 0 Å². The topological polar surface area (TPSA) is 95.4 Å². The highest BCUT2D eigenvalue weighted by molar-refractivity contribution is 7.10. The molecule has 0 saturated heterocycles. The molecule has 15 heavy (non-hydrogen) atoms. The number of hydrogen-bond donors (Lipinski definition) is 2. The molecule has 0 aliphatic rings. The van der Waals surface area contributed by atoms with Crippen LogP contribution in [0, 0.1) is 0 Å². The normalized spacial score (nSPS) is 12.1. The van der Waals surface area contributed by atoms with Crippen molar-refractivity contribution in [2.75, 3.05) is 0 Å². The van der Waals surface area contributed by atoms with Crippen LogP contribution in [0.3, 0.4) is 0 Å². The summed E-state index contributed by atoms with van der Waals surface area (Å²) in [4.78, 5) is 22.0. The van der Waals surface area contributed by atoms with Gasteiger partial charge in [-0.05, 0) is 23.9 Å². The van der Waals surface area contributed by atoms with Gasteiger partial charge in [0.1, 0.15) is 6.10 Å². The van der Waals surface area contributed by atoms with Crippen LogP contribution in [-0.4, -0.2) is 12.0 Å². The molecule has 1 aromatic rings. The van der Waals surface area contributed by atoms with E-state index in [1.807, 2.05) is 0 Å². The zero-order valence-corrected chi connectivity index (χ0v) is 9.04. The van der Waals surface area contributed by atoms with Gasteiger partial charge >= 0.3 is 6.09 Å². The fourth-order valence-electron chi connectivity index (χ4n) is 1.13. The van der Waals surface area contributed by atoms with Crippen molar-refractivity contribution >= 4 is 23.3 Å². The Bertz CT molecular complexity index is 375. The average molecular weight is 228 g/mol. The molecule has 0 fully saturated rings. The van der Waals surface area contributed by atoms with Crippen LogP contribution in [0.15, 0.2) is 11.4 Å². The monoisotopic (exact) mass is 228 g/mol. The first kappa shape index (κ1) is 11.5. The second-order valence-corrected chi connectivity index (χ2v) is 4.02. The van der Waals surface area contributed by atoms with Crippen molar-refractivity contribution < 1.29 is 14.3 Å². The van der Waals surface area contributed by atoms with E-state index in [-0.39, 0.29) is 12.3 Å². The van der Waals surface area contributed by atoms with E-state index < -0.39 is 12.2 Å². The lowest BCUT2D eigenvalue weighted by atomic mass is 10.2. The van der Waals surface area contributed by atoms with E-state index in [9.17, 15) is 9.59 Å². The molecular formula is C9H12N2O3S. The molecule has 0 aromatic carbocycles. The van der Waals surface area contributed by atoms with Crippen molar-refractivity contribution in [1.29, 1.82) is 0 Å². The molecule has 4 N–H and O–H groups in total. The molecule has 0 aliphatic carbocycles. The lowest BCUT2D eigenvalue weighted by molar-refractivity contribution is -0.117. The van der Waals surface area contributed by atoms with Crippen LogP contribution < -0.4 is 11.5 Å². The fourth-order valence-corrected chi connectivity index (χ4v) is 2.03. The standard InChI is InChI=1S/C9H12N2O3S/c1-5(14-9(11)13)7-2-6(4-15-7)3-8(10)12/h2,4-5H,3H2,1H3,(H2,10,12)(H2,11,13)/t5-/m1/s1. The Morgan fingerprint density at radius 2 is 2.20 bits per heavy atom. The quantitative estimate of drug-likeness (QED) is 0.802. The van der Waals surface area contributed by atoms with Gasteiger partial charge in [0, 0.05) is 4.88 Å². The minimum absolute atomic E-state index is 0.194. The molecule has 2 amide bonds. The highest BCUT2D eigenvalue weighted by atomic mass is 32.1. The predicted molar refractivity (Wildman–Crippen MR) is 56.3 cm³/mol. The van der Waals surface area contributed by atoms with Gasteiger partial charge in [0.2, 0.25) is 5.91 Å². The molecule has 1 aromatic heterocycles. The van der Waals surface area contributed by atoms with Crippen molar-refractivity contribution in [2.45, 2.75) is 19.4 Å². The van der Waals surface area contributed by atoms with Crippen LogP contribution in [0.25, 0.3) is 0 Å². The third-order valence-electron chi connectivity index (χ3n) is 1.75. The lowest BCUT2D eigenvalue weighted by Gasteiger charge is -2.07. The molecule has 82 valence electrons. The highest BCUT2D eigenvalue weighted by Crippen LogP contribution is 2.24. The van der Waals surface area contributed by atoms with Crippen molar-refractivity contribution in [3.63, 3.8) is 0 Å². The van der Waals surface area contributed by atoms with Gasteiger partial charge in [0.15, 0.2) is 0 Å². The summed E-state index contributed by atoms with van der Waals surface area (Å²) in [6.45, 7) is 1.71. The molecular weight excluding hydrogens is 216 g/mol. The van der Waals surface area contributed by atoms with Crippen LogP contribution in [-0.2, 0) is 16.0 Å². The average Bonchev–Trinajstić information content (AvgIpc) is 2.50. The fraction of sp³-hybridized carbons (Fsp3) is 0.333. The van der Waals surface area contributed by atoms with E-state index in [0.717, 1.165) is 10.4 Å². The first-order valence-corrected chi connectivity index (χ1v) is 5.18. The maximum Gasteiger partial charge on any atom is 0.405 e. The number of thiophene rings is 1. The number of carbonyl (C=O) groups excluding carboxylic acids is 2. The number of amides is 2.